The number of aryl methyl sites for hydroxylation is 3. The summed E-state index contributed by atoms with van der Waals surface area (Å²) in [6.07, 6.45) is 2.01. The molecule has 0 spiro atoms. The molecule has 0 bridgehead atoms. The van der Waals surface area contributed by atoms with E-state index in [-0.39, 0.29) is 4.90 Å². The molecule has 0 aliphatic carbocycles. The van der Waals surface area contributed by atoms with Crippen molar-refractivity contribution in [3.63, 3.8) is 0 Å². The Morgan fingerprint density at radius 2 is 1.76 bits per heavy atom. The van der Waals surface area contributed by atoms with Crippen LogP contribution in [0.5, 0.6) is 0 Å². The van der Waals surface area contributed by atoms with Gasteiger partial charge in [-0.1, -0.05) is 60.5 Å². The fraction of sp³-hybridized carbons (Fsp3) is 0.259. The molecular weight excluding hydrogens is 446 g/mol. The van der Waals surface area contributed by atoms with Gasteiger partial charge in [-0.25, -0.2) is 4.98 Å². The first kappa shape index (κ1) is 23.7. The smallest absolute Gasteiger partial charge is 0.327 e. The van der Waals surface area contributed by atoms with Gasteiger partial charge in [0.25, 0.3) is 0 Å². The van der Waals surface area contributed by atoms with Crippen molar-refractivity contribution < 1.29 is 12.7 Å². The summed E-state index contributed by atoms with van der Waals surface area (Å²) in [5.41, 5.74) is 6.92. The van der Waals surface area contributed by atoms with Gasteiger partial charge in [-0.3, -0.25) is 4.28 Å². The molecule has 4 rings (SSSR count). The summed E-state index contributed by atoms with van der Waals surface area (Å²) in [6, 6.07) is 20.8. The first-order chi connectivity index (χ1) is 16.3. The molecule has 0 radical (unpaired) electrons. The molecule has 0 atom stereocenters. The van der Waals surface area contributed by atoms with Crippen molar-refractivity contribution in [3.8, 4) is 11.4 Å². The Morgan fingerprint density at radius 1 is 1.03 bits per heavy atom. The van der Waals surface area contributed by atoms with E-state index in [1.54, 1.807) is 12.1 Å². The molecule has 3 aromatic carbocycles. The van der Waals surface area contributed by atoms with Crippen LogP contribution in [-0.2, 0) is 27.9 Å². The lowest BCUT2D eigenvalue weighted by atomic mass is 9.98. The van der Waals surface area contributed by atoms with Gasteiger partial charge >= 0.3 is 10.1 Å². The first-order valence-electron chi connectivity index (χ1n) is 11.4. The lowest BCUT2D eigenvalue weighted by Crippen LogP contribution is -2.09. The van der Waals surface area contributed by atoms with Crippen molar-refractivity contribution in [2.45, 2.75) is 44.9 Å². The van der Waals surface area contributed by atoms with Gasteiger partial charge in [-0.2, -0.15) is 8.42 Å². The summed E-state index contributed by atoms with van der Waals surface area (Å²) >= 11 is 0. The highest BCUT2D eigenvalue weighted by atomic mass is 32.2. The molecule has 0 aliphatic rings. The highest BCUT2D eigenvalue weighted by Crippen LogP contribution is 2.26. The van der Waals surface area contributed by atoms with Gasteiger partial charge in [0.05, 0.1) is 16.7 Å². The second-order valence-corrected chi connectivity index (χ2v) is 10.1. The van der Waals surface area contributed by atoms with Crippen LogP contribution in [0.2, 0.25) is 0 Å². The summed E-state index contributed by atoms with van der Waals surface area (Å²) < 4.78 is 32.2. The highest BCUT2D eigenvalue weighted by Gasteiger charge is 2.17. The molecule has 6 nitrogen and oxygen atoms in total. The van der Waals surface area contributed by atoms with Gasteiger partial charge in [0.1, 0.15) is 10.7 Å². The van der Waals surface area contributed by atoms with E-state index < -0.39 is 10.1 Å². The van der Waals surface area contributed by atoms with Gasteiger partial charge in [0, 0.05) is 19.0 Å². The van der Waals surface area contributed by atoms with Crippen LogP contribution in [0.15, 0.2) is 76.8 Å². The second kappa shape index (κ2) is 9.81. The molecular formula is C27H29N3O3S. The van der Waals surface area contributed by atoms with Crippen LogP contribution in [-0.4, -0.2) is 23.7 Å². The monoisotopic (exact) mass is 475 g/mol. The van der Waals surface area contributed by atoms with E-state index in [2.05, 4.69) is 40.9 Å². The van der Waals surface area contributed by atoms with Crippen molar-refractivity contribution >= 4 is 26.9 Å². The fourth-order valence-corrected chi connectivity index (χ4v) is 4.72. The average Bonchev–Trinajstić information content (AvgIpc) is 3.16. The van der Waals surface area contributed by atoms with Crippen LogP contribution in [0, 0.1) is 13.8 Å². The number of oxime groups is 1. The largest absolute Gasteiger partial charge is 0.358 e. The maximum Gasteiger partial charge on any atom is 0.358 e. The van der Waals surface area contributed by atoms with E-state index in [4.69, 9.17) is 9.27 Å². The highest BCUT2D eigenvalue weighted by molar-refractivity contribution is 7.86. The molecule has 7 heteroatoms. The molecule has 0 aliphatic heterocycles. The third-order valence-corrected chi connectivity index (χ3v) is 7.02. The normalized spacial score (nSPS) is 12.3. The quantitative estimate of drug-likeness (QED) is 0.233. The minimum atomic E-state index is -3.95. The second-order valence-electron chi connectivity index (χ2n) is 8.55. The Morgan fingerprint density at radius 3 is 2.44 bits per heavy atom. The molecule has 34 heavy (non-hydrogen) atoms. The standard InChI is InChI=1S/C27H29N3O3S/c1-5-8-23(29-33-34(31,32)24-15-11-19(2)12-16-24)18-21-13-14-22(17-20(21)3)27-28-25-9-6-7-10-26(25)30(27)4/h6-7,9-17H,5,8,18H2,1-4H3/b29-23+. The predicted octanol–water partition coefficient (Wildman–Crippen LogP) is 5.96. The van der Waals surface area contributed by atoms with Crippen LogP contribution in [0.3, 0.4) is 0 Å². The lowest BCUT2D eigenvalue weighted by Gasteiger charge is -2.11. The third kappa shape index (κ3) is 5.04. The van der Waals surface area contributed by atoms with E-state index in [9.17, 15) is 8.42 Å². The summed E-state index contributed by atoms with van der Waals surface area (Å²) in [6.45, 7) is 5.99. The number of para-hydroxylation sites is 2. The number of hydrogen-bond donors (Lipinski definition) is 0. The van der Waals surface area contributed by atoms with Gasteiger partial charge in [0.2, 0.25) is 0 Å². The van der Waals surface area contributed by atoms with E-state index in [0.29, 0.717) is 18.6 Å². The number of benzene rings is 3. The number of hydrogen-bond acceptors (Lipinski definition) is 5. The average molecular weight is 476 g/mol. The van der Waals surface area contributed by atoms with Crippen molar-refractivity contribution in [2.24, 2.45) is 12.2 Å². The maximum atomic E-state index is 12.5. The Labute approximate surface area is 201 Å². The number of nitrogens with zero attached hydrogens (tertiary/aromatic N) is 3. The zero-order valence-electron chi connectivity index (χ0n) is 19.9. The molecule has 1 heterocycles. The Hall–Kier alpha value is -3.45. The maximum absolute atomic E-state index is 12.5. The zero-order chi connectivity index (χ0) is 24.3. The molecule has 0 saturated heterocycles. The third-order valence-electron chi connectivity index (χ3n) is 5.90. The van der Waals surface area contributed by atoms with Crippen LogP contribution < -0.4 is 0 Å². The summed E-state index contributed by atoms with van der Waals surface area (Å²) in [5, 5.41) is 4.06. The molecule has 176 valence electrons. The van der Waals surface area contributed by atoms with Crippen molar-refractivity contribution in [1.29, 1.82) is 0 Å². The van der Waals surface area contributed by atoms with Crippen molar-refractivity contribution in [1.82, 2.24) is 9.55 Å². The fourth-order valence-electron chi connectivity index (χ4n) is 3.96. The predicted molar refractivity (Wildman–Crippen MR) is 136 cm³/mol. The minimum Gasteiger partial charge on any atom is -0.327 e. The van der Waals surface area contributed by atoms with Gasteiger partial charge < -0.3 is 4.57 Å². The van der Waals surface area contributed by atoms with Crippen LogP contribution in [0.4, 0.5) is 0 Å². The Kier molecular flexibility index (Phi) is 6.84. The Balaban J connectivity index is 1.57. The first-order valence-corrected chi connectivity index (χ1v) is 12.8. The summed E-state index contributed by atoms with van der Waals surface area (Å²) in [5.74, 6) is 0.908. The molecule has 0 amide bonds. The molecule has 0 saturated carbocycles. The molecule has 0 N–H and O–H groups in total. The van der Waals surface area contributed by atoms with Crippen molar-refractivity contribution in [2.75, 3.05) is 0 Å². The summed E-state index contributed by atoms with van der Waals surface area (Å²) in [7, 11) is -1.93. The minimum absolute atomic E-state index is 0.0979. The number of aromatic nitrogens is 2. The van der Waals surface area contributed by atoms with E-state index in [1.165, 1.54) is 12.1 Å². The number of imidazole rings is 1. The van der Waals surface area contributed by atoms with Crippen LogP contribution >= 0.6 is 0 Å². The molecule has 1 aromatic heterocycles. The number of rotatable bonds is 8. The van der Waals surface area contributed by atoms with E-state index >= 15 is 0 Å². The van der Waals surface area contributed by atoms with Crippen LogP contribution in [0.25, 0.3) is 22.4 Å². The van der Waals surface area contributed by atoms with E-state index in [0.717, 1.165) is 45.5 Å². The topological polar surface area (TPSA) is 73.5 Å². The molecule has 4 aromatic rings. The number of fused-ring (bicyclic) bond motifs is 1. The van der Waals surface area contributed by atoms with Gasteiger partial charge in [0.15, 0.2) is 0 Å². The molecule has 0 fully saturated rings. The van der Waals surface area contributed by atoms with Crippen molar-refractivity contribution in [3.05, 3.63) is 83.4 Å². The van der Waals surface area contributed by atoms with Gasteiger partial charge in [-0.15, -0.1) is 0 Å². The summed E-state index contributed by atoms with van der Waals surface area (Å²) in [4.78, 5) is 4.88. The SMILES string of the molecule is CCC/C(Cc1ccc(-c2nc3ccccc3n2C)cc1C)=N\OS(=O)(=O)c1ccc(C)cc1. The molecule has 0 unspecified atom stereocenters. The lowest BCUT2D eigenvalue weighted by molar-refractivity contribution is 0.336. The Bertz CT molecular complexity index is 1450. The van der Waals surface area contributed by atoms with E-state index in [1.807, 2.05) is 39.1 Å². The van der Waals surface area contributed by atoms with Crippen LogP contribution in [0.1, 0.15) is 36.5 Å². The van der Waals surface area contributed by atoms with Gasteiger partial charge in [-0.05, 0) is 61.7 Å². The zero-order valence-corrected chi connectivity index (χ0v) is 20.8.